The van der Waals surface area contributed by atoms with E-state index in [1.165, 1.54) is 50.7 Å². The van der Waals surface area contributed by atoms with Gasteiger partial charge in [-0.1, -0.05) is 25.7 Å². The number of halogens is 1. The summed E-state index contributed by atoms with van der Waals surface area (Å²) in [5.41, 5.74) is 0. The average molecular weight is 332 g/mol. The first kappa shape index (κ1) is 18.4. The van der Waals surface area contributed by atoms with Crippen molar-refractivity contribution in [1.82, 2.24) is 10.6 Å². The monoisotopic (exact) mass is 331 g/mol. The van der Waals surface area contributed by atoms with E-state index in [1.807, 2.05) is 0 Å². The minimum Gasteiger partial charge on any atom is -0.395 e. The van der Waals surface area contributed by atoms with Crippen LogP contribution in [-0.4, -0.2) is 30.0 Å². The first-order valence-electron chi connectivity index (χ1n) is 7.42. The number of furan rings is 1. The Labute approximate surface area is 135 Å². The molecule has 0 bridgehead atoms. The van der Waals surface area contributed by atoms with E-state index in [0.717, 1.165) is 0 Å². The second-order valence-electron chi connectivity index (χ2n) is 5.29. The van der Waals surface area contributed by atoms with Crippen molar-refractivity contribution in [3.8, 4) is 0 Å². The first-order valence-corrected chi connectivity index (χ1v) is 7.42. The number of carbonyl (C=O) groups excluding carboxylic acids is 1. The summed E-state index contributed by atoms with van der Waals surface area (Å²) in [5.74, 6) is -0.876. The maximum absolute atomic E-state index is 11.7. The fraction of sp³-hybridized carbons (Fsp3) is 0.643. The molecule has 1 aliphatic carbocycles. The molecular weight excluding hydrogens is 310 g/mol. The van der Waals surface area contributed by atoms with Crippen molar-refractivity contribution in [2.45, 2.75) is 44.6 Å². The second kappa shape index (κ2) is 9.42. The number of amides is 1. The topological polar surface area (TPSA) is 97.4 Å². The fourth-order valence-electron chi connectivity index (χ4n) is 2.57. The zero-order chi connectivity index (χ0) is 15.1. The molecule has 0 radical (unpaired) electrons. The van der Waals surface area contributed by atoms with Gasteiger partial charge in [0.1, 0.15) is 4.92 Å². The van der Waals surface area contributed by atoms with Crippen molar-refractivity contribution in [3.63, 3.8) is 0 Å². The van der Waals surface area contributed by atoms with E-state index in [-0.39, 0.29) is 18.2 Å². The minimum absolute atomic E-state index is 0. The molecule has 1 aromatic heterocycles. The van der Waals surface area contributed by atoms with E-state index in [2.05, 4.69) is 10.6 Å². The van der Waals surface area contributed by atoms with E-state index in [1.54, 1.807) is 0 Å². The van der Waals surface area contributed by atoms with Crippen molar-refractivity contribution < 1.29 is 14.1 Å². The molecular formula is C14H22ClN3O4. The fourth-order valence-corrected chi connectivity index (χ4v) is 2.57. The summed E-state index contributed by atoms with van der Waals surface area (Å²) in [6.07, 6.45) is 7.54. The summed E-state index contributed by atoms with van der Waals surface area (Å²) >= 11 is 0. The molecule has 2 N–H and O–H groups in total. The van der Waals surface area contributed by atoms with Crippen LogP contribution < -0.4 is 10.6 Å². The molecule has 1 aliphatic rings. The number of carbonyl (C=O) groups is 1. The number of hydrogen-bond donors (Lipinski definition) is 2. The van der Waals surface area contributed by atoms with Gasteiger partial charge in [-0.15, -0.1) is 12.4 Å². The van der Waals surface area contributed by atoms with Crippen LogP contribution >= 0.6 is 12.4 Å². The van der Waals surface area contributed by atoms with Gasteiger partial charge in [-0.25, -0.2) is 0 Å². The van der Waals surface area contributed by atoms with Gasteiger partial charge in [0.25, 0.3) is 5.91 Å². The molecule has 0 unspecified atom stereocenters. The van der Waals surface area contributed by atoms with Crippen LogP contribution in [0.4, 0.5) is 5.88 Å². The predicted molar refractivity (Wildman–Crippen MR) is 84.4 cm³/mol. The van der Waals surface area contributed by atoms with Crippen LogP contribution in [0.2, 0.25) is 0 Å². The third-order valence-corrected chi connectivity index (χ3v) is 3.69. The maximum atomic E-state index is 11.7. The van der Waals surface area contributed by atoms with E-state index in [4.69, 9.17) is 4.42 Å². The third kappa shape index (κ3) is 5.65. The molecule has 1 aromatic rings. The van der Waals surface area contributed by atoms with Gasteiger partial charge in [0.15, 0.2) is 5.76 Å². The molecule has 7 nitrogen and oxygen atoms in total. The van der Waals surface area contributed by atoms with Crippen molar-refractivity contribution >= 4 is 24.2 Å². The Morgan fingerprint density at radius 2 is 1.91 bits per heavy atom. The van der Waals surface area contributed by atoms with Gasteiger partial charge >= 0.3 is 5.88 Å². The number of nitrogens with zero attached hydrogens (tertiary/aromatic N) is 1. The molecule has 0 aromatic carbocycles. The SMILES string of the molecule is Cl.O=C(NCCNC1CCCCCC1)c1ccc([N+](=O)[O-])o1. The highest BCUT2D eigenvalue weighted by atomic mass is 35.5. The lowest BCUT2D eigenvalue weighted by Gasteiger charge is -2.16. The van der Waals surface area contributed by atoms with Crippen LogP contribution in [0.15, 0.2) is 16.5 Å². The Bertz CT molecular complexity index is 484. The summed E-state index contributed by atoms with van der Waals surface area (Å²) in [5, 5.41) is 16.6. The van der Waals surface area contributed by atoms with Gasteiger partial charge in [-0.05, 0) is 18.9 Å². The number of nitro groups is 1. The van der Waals surface area contributed by atoms with Crippen molar-refractivity contribution in [3.05, 3.63) is 28.0 Å². The van der Waals surface area contributed by atoms with Crippen molar-refractivity contribution in [2.75, 3.05) is 13.1 Å². The van der Waals surface area contributed by atoms with Crippen LogP contribution in [0.3, 0.4) is 0 Å². The average Bonchev–Trinajstić information content (AvgIpc) is 2.82. The standard InChI is InChI=1S/C14H21N3O4.ClH/c18-14(12-7-8-13(21-12)17(19)20)16-10-9-15-11-5-3-1-2-4-6-11;/h7-8,11,15H,1-6,9-10H2,(H,16,18);1H. The zero-order valence-corrected chi connectivity index (χ0v) is 13.2. The molecule has 22 heavy (non-hydrogen) atoms. The summed E-state index contributed by atoms with van der Waals surface area (Å²) in [6.45, 7) is 1.17. The van der Waals surface area contributed by atoms with Crippen LogP contribution in [0.1, 0.15) is 49.1 Å². The van der Waals surface area contributed by atoms with Crippen LogP contribution in [0.5, 0.6) is 0 Å². The maximum Gasteiger partial charge on any atom is 0.433 e. The summed E-state index contributed by atoms with van der Waals surface area (Å²) in [6, 6.07) is 3.03. The number of hydrogen-bond acceptors (Lipinski definition) is 5. The van der Waals surface area contributed by atoms with E-state index < -0.39 is 16.7 Å². The Balaban J connectivity index is 0.00000242. The van der Waals surface area contributed by atoms with E-state index in [0.29, 0.717) is 19.1 Å². The van der Waals surface area contributed by atoms with Gasteiger partial charge in [-0.2, -0.15) is 0 Å². The lowest BCUT2D eigenvalue weighted by molar-refractivity contribution is -0.402. The quantitative estimate of drug-likeness (QED) is 0.361. The van der Waals surface area contributed by atoms with Crippen molar-refractivity contribution in [1.29, 1.82) is 0 Å². The molecule has 2 rings (SSSR count). The van der Waals surface area contributed by atoms with Crippen LogP contribution in [-0.2, 0) is 0 Å². The van der Waals surface area contributed by atoms with Gasteiger partial charge < -0.3 is 15.1 Å². The molecule has 1 amide bonds. The molecule has 0 saturated heterocycles. The Kier molecular flexibility index (Phi) is 7.90. The van der Waals surface area contributed by atoms with Gasteiger partial charge in [-0.3, -0.25) is 14.9 Å². The van der Waals surface area contributed by atoms with E-state index >= 15 is 0 Å². The molecule has 0 atom stereocenters. The smallest absolute Gasteiger partial charge is 0.395 e. The van der Waals surface area contributed by atoms with E-state index in [9.17, 15) is 14.9 Å². The Morgan fingerprint density at radius 1 is 1.23 bits per heavy atom. The zero-order valence-electron chi connectivity index (χ0n) is 12.4. The third-order valence-electron chi connectivity index (χ3n) is 3.69. The Hall–Kier alpha value is -1.60. The van der Waals surface area contributed by atoms with Crippen molar-refractivity contribution in [2.24, 2.45) is 0 Å². The molecule has 0 spiro atoms. The minimum atomic E-state index is -0.662. The molecule has 0 aliphatic heterocycles. The normalized spacial score (nSPS) is 15.6. The van der Waals surface area contributed by atoms with Crippen LogP contribution in [0, 0.1) is 10.1 Å². The summed E-state index contributed by atoms with van der Waals surface area (Å²) in [7, 11) is 0. The largest absolute Gasteiger partial charge is 0.433 e. The lowest BCUT2D eigenvalue weighted by Crippen LogP contribution is -2.36. The number of nitrogens with one attached hydrogen (secondary N) is 2. The van der Waals surface area contributed by atoms with Gasteiger partial charge in [0.05, 0.1) is 6.07 Å². The molecule has 1 saturated carbocycles. The summed E-state index contributed by atoms with van der Waals surface area (Å²) < 4.78 is 4.84. The predicted octanol–water partition coefficient (Wildman–Crippen LogP) is 2.65. The van der Waals surface area contributed by atoms with Gasteiger partial charge in [0, 0.05) is 19.1 Å². The lowest BCUT2D eigenvalue weighted by atomic mass is 10.1. The molecule has 1 heterocycles. The highest BCUT2D eigenvalue weighted by molar-refractivity contribution is 5.91. The molecule has 1 fully saturated rings. The first-order chi connectivity index (χ1) is 10.2. The highest BCUT2D eigenvalue weighted by Crippen LogP contribution is 2.17. The molecule has 8 heteroatoms. The van der Waals surface area contributed by atoms with Gasteiger partial charge in [0.2, 0.25) is 0 Å². The summed E-state index contributed by atoms with van der Waals surface area (Å²) in [4.78, 5) is 21.5. The number of rotatable bonds is 6. The Morgan fingerprint density at radius 3 is 2.50 bits per heavy atom. The highest BCUT2D eigenvalue weighted by Gasteiger charge is 2.17. The second-order valence-corrected chi connectivity index (χ2v) is 5.29. The van der Waals surface area contributed by atoms with Crippen LogP contribution in [0.25, 0.3) is 0 Å². The molecule has 124 valence electrons.